The van der Waals surface area contributed by atoms with Crippen molar-refractivity contribution in [2.75, 3.05) is 6.61 Å². The number of hydrogen-bond acceptors (Lipinski definition) is 6. The van der Waals surface area contributed by atoms with E-state index >= 15 is 0 Å². The Balaban J connectivity index is 1.84. The van der Waals surface area contributed by atoms with Gasteiger partial charge in [0.05, 0.1) is 37.5 Å². The summed E-state index contributed by atoms with van der Waals surface area (Å²) in [5.41, 5.74) is 4.41. The van der Waals surface area contributed by atoms with Crippen molar-refractivity contribution in [2.24, 2.45) is 0 Å². The van der Waals surface area contributed by atoms with Gasteiger partial charge in [0.15, 0.2) is 5.82 Å². The lowest BCUT2D eigenvalue weighted by molar-refractivity contribution is 0.267. The van der Waals surface area contributed by atoms with E-state index < -0.39 is 0 Å². The predicted molar refractivity (Wildman–Crippen MR) is 103 cm³/mol. The molecular formula is C20H20N6O2. The maximum absolute atomic E-state index is 9.80. The molecule has 2 aromatic carbocycles. The zero-order valence-corrected chi connectivity index (χ0v) is 15.4. The molecule has 0 aliphatic carbocycles. The van der Waals surface area contributed by atoms with Gasteiger partial charge in [-0.2, -0.15) is 5.21 Å². The van der Waals surface area contributed by atoms with E-state index in [9.17, 15) is 5.11 Å². The molecule has 0 unspecified atom stereocenters. The van der Waals surface area contributed by atoms with Gasteiger partial charge < -0.3 is 14.4 Å². The van der Waals surface area contributed by atoms with Crippen molar-refractivity contribution < 1.29 is 9.84 Å². The number of nitrogens with zero attached hydrogens (tertiary/aromatic N) is 5. The van der Waals surface area contributed by atoms with Crippen molar-refractivity contribution in [3.8, 4) is 28.3 Å². The lowest BCUT2D eigenvalue weighted by Crippen LogP contribution is -2.04. The summed E-state index contributed by atoms with van der Waals surface area (Å²) in [5, 5.41) is 24.0. The summed E-state index contributed by atoms with van der Waals surface area (Å²) in [6.07, 6.45) is 1.77. The van der Waals surface area contributed by atoms with Crippen LogP contribution in [0.15, 0.2) is 54.9 Å². The number of imidazole rings is 1. The molecule has 0 spiro atoms. The maximum Gasteiger partial charge on any atom is 0.194 e. The van der Waals surface area contributed by atoms with Crippen LogP contribution in [0.25, 0.3) is 22.5 Å². The van der Waals surface area contributed by atoms with Crippen LogP contribution < -0.4 is 4.74 Å². The molecule has 2 N–H and O–H groups in total. The highest BCUT2D eigenvalue weighted by molar-refractivity contribution is 5.79. The summed E-state index contributed by atoms with van der Waals surface area (Å²) in [5.74, 6) is 1.24. The topological polar surface area (TPSA) is 102 Å². The zero-order valence-electron chi connectivity index (χ0n) is 15.4. The van der Waals surface area contributed by atoms with E-state index in [4.69, 9.17) is 4.74 Å². The van der Waals surface area contributed by atoms with Crippen molar-refractivity contribution >= 4 is 0 Å². The number of aromatic nitrogens is 6. The Bertz CT molecular complexity index is 1040. The summed E-state index contributed by atoms with van der Waals surface area (Å²) in [7, 11) is 0. The van der Waals surface area contributed by atoms with Crippen molar-refractivity contribution in [3.05, 3.63) is 66.2 Å². The molecule has 8 nitrogen and oxygen atoms in total. The molecule has 142 valence electrons. The molecule has 8 heteroatoms. The van der Waals surface area contributed by atoms with Crippen LogP contribution >= 0.6 is 0 Å². The fourth-order valence-corrected chi connectivity index (χ4v) is 3.16. The number of aliphatic hydroxyl groups excluding tert-OH is 1. The largest absolute Gasteiger partial charge is 0.494 e. The second kappa shape index (κ2) is 8.01. The molecule has 0 aliphatic heterocycles. The molecule has 0 aliphatic rings. The molecule has 0 saturated heterocycles. The molecule has 0 amide bonds. The number of benzene rings is 2. The Labute approximate surface area is 161 Å². The molecule has 2 heterocycles. The quantitative estimate of drug-likeness (QED) is 0.514. The van der Waals surface area contributed by atoms with Gasteiger partial charge in [-0.1, -0.05) is 35.5 Å². The number of ether oxygens (including phenoxy) is 1. The van der Waals surface area contributed by atoms with Crippen molar-refractivity contribution in [1.82, 2.24) is 30.2 Å². The minimum absolute atomic E-state index is 0.108. The molecule has 0 saturated carbocycles. The molecule has 0 fully saturated rings. The first-order valence-corrected chi connectivity index (χ1v) is 9.00. The molecule has 0 bridgehead atoms. The molecular weight excluding hydrogens is 356 g/mol. The number of tetrazole rings is 1. The zero-order chi connectivity index (χ0) is 19.3. The van der Waals surface area contributed by atoms with Crippen molar-refractivity contribution in [1.29, 1.82) is 0 Å². The van der Waals surface area contributed by atoms with Crippen molar-refractivity contribution in [3.63, 3.8) is 0 Å². The van der Waals surface area contributed by atoms with E-state index in [2.05, 4.69) is 25.6 Å². The molecule has 28 heavy (non-hydrogen) atoms. The van der Waals surface area contributed by atoms with Crippen molar-refractivity contribution in [2.45, 2.75) is 20.1 Å². The fraction of sp³-hybridized carbons (Fsp3) is 0.200. The standard InChI is InChI=1S/C20H20N6O2/c1-2-28-17-9-8-15(10-16(17)12-27)20-19(14-6-4-3-5-7-14)21-13-26(20)11-18-22-24-25-23-18/h3-10,13,27H,2,11-12H2,1H3,(H,22,23,24,25). The highest BCUT2D eigenvalue weighted by Gasteiger charge is 2.17. The number of hydrogen-bond donors (Lipinski definition) is 2. The van der Waals surface area contributed by atoms with E-state index in [-0.39, 0.29) is 6.61 Å². The van der Waals surface area contributed by atoms with Gasteiger partial charge >= 0.3 is 0 Å². The van der Waals surface area contributed by atoms with Gasteiger partial charge in [-0.25, -0.2) is 4.98 Å². The maximum atomic E-state index is 9.80. The number of aromatic amines is 1. The number of aliphatic hydroxyl groups is 1. The third kappa shape index (κ3) is 3.49. The van der Waals surface area contributed by atoms with E-state index in [1.807, 2.05) is 60.0 Å². The molecule has 4 aromatic rings. The Hall–Kier alpha value is -3.52. The normalized spacial score (nSPS) is 10.9. The SMILES string of the molecule is CCOc1ccc(-c2c(-c3ccccc3)ncn2Cc2nn[nH]n2)cc1CO. The second-order valence-electron chi connectivity index (χ2n) is 6.18. The van der Waals surface area contributed by atoms with E-state index in [1.165, 1.54) is 0 Å². The van der Waals surface area contributed by atoms with Crippen LogP contribution in [0, 0.1) is 0 Å². The van der Waals surface area contributed by atoms with Gasteiger partial charge in [0.1, 0.15) is 5.75 Å². The second-order valence-corrected chi connectivity index (χ2v) is 6.18. The molecule has 4 rings (SSSR count). The van der Waals surface area contributed by atoms with Gasteiger partial charge in [0.2, 0.25) is 0 Å². The summed E-state index contributed by atoms with van der Waals surface area (Å²) < 4.78 is 7.59. The lowest BCUT2D eigenvalue weighted by atomic mass is 10.0. The summed E-state index contributed by atoms with van der Waals surface area (Å²) in [6, 6.07) is 15.8. The van der Waals surface area contributed by atoms with Gasteiger partial charge in [0, 0.05) is 16.7 Å². The van der Waals surface area contributed by atoms with Crippen LogP contribution in [0.1, 0.15) is 18.3 Å². The van der Waals surface area contributed by atoms with Gasteiger partial charge in [0.25, 0.3) is 0 Å². The number of rotatable bonds is 7. The predicted octanol–water partition coefficient (Wildman–Crippen LogP) is 2.67. The Kier molecular flexibility index (Phi) is 5.11. The van der Waals surface area contributed by atoms with Crippen LogP contribution in [-0.4, -0.2) is 41.9 Å². The molecule has 0 atom stereocenters. The van der Waals surface area contributed by atoms with Crippen LogP contribution in [-0.2, 0) is 13.2 Å². The molecule has 0 radical (unpaired) electrons. The van der Waals surface area contributed by atoms with E-state index in [0.29, 0.717) is 24.7 Å². The summed E-state index contributed by atoms with van der Waals surface area (Å²) >= 11 is 0. The van der Waals surface area contributed by atoms with Crippen LogP contribution in [0.3, 0.4) is 0 Å². The highest BCUT2D eigenvalue weighted by Crippen LogP contribution is 2.34. The first-order valence-electron chi connectivity index (χ1n) is 9.00. The molecule has 2 aromatic heterocycles. The third-order valence-corrected chi connectivity index (χ3v) is 4.39. The van der Waals surface area contributed by atoms with Crippen LogP contribution in [0.2, 0.25) is 0 Å². The number of nitrogens with one attached hydrogen (secondary N) is 1. The van der Waals surface area contributed by atoms with Gasteiger partial charge in [-0.3, -0.25) is 0 Å². The Morgan fingerprint density at radius 2 is 1.96 bits per heavy atom. The smallest absolute Gasteiger partial charge is 0.194 e. The summed E-state index contributed by atoms with van der Waals surface area (Å²) in [6.45, 7) is 2.77. The summed E-state index contributed by atoms with van der Waals surface area (Å²) in [4.78, 5) is 4.64. The lowest BCUT2D eigenvalue weighted by Gasteiger charge is -2.13. The van der Waals surface area contributed by atoms with E-state index in [0.717, 1.165) is 28.1 Å². The third-order valence-electron chi connectivity index (χ3n) is 4.39. The first-order chi connectivity index (χ1) is 13.8. The fourth-order valence-electron chi connectivity index (χ4n) is 3.16. The minimum Gasteiger partial charge on any atom is -0.494 e. The number of H-pyrrole nitrogens is 1. The van der Waals surface area contributed by atoms with E-state index in [1.54, 1.807) is 6.33 Å². The first kappa shape index (κ1) is 17.9. The van der Waals surface area contributed by atoms with Gasteiger partial charge in [-0.05, 0) is 25.1 Å². The van der Waals surface area contributed by atoms with Gasteiger partial charge in [-0.15, -0.1) is 10.2 Å². The van der Waals surface area contributed by atoms with Crippen LogP contribution in [0.5, 0.6) is 5.75 Å². The minimum atomic E-state index is -0.108. The monoisotopic (exact) mass is 376 g/mol. The van der Waals surface area contributed by atoms with Crippen LogP contribution in [0.4, 0.5) is 0 Å². The Morgan fingerprint density at radius 3 is 2.68 bits per heavy atom. The Morgan fingerprint density at radius 1 is 1.11 bits per heavy atom. The average Bonchev–Trinajstić information content (AvgIpc) is 3.40. The average molecular weight is 376 g/mol. The highest BCUT2D eigenvalue weighted by atomic mass is 16.5.